The highest BCUT2D eigenvalue weighted by Gasteiger charge is 2.47. The molecule has 4 rings (SSSR count). The van der Waals surface area contributed by atoms with Crippen LogP contribution in [-0.4, -0.2) is 42.1 Å². The Labute approximate surface area is 201 Å². The standard InChI is InChI=1S/C21H23N3O6.2C2H6/c1-12(2)11-24-17(25)13-7-6-8-14(15(13)18(24)26)22-23-16-19(27)29-21(9-4-5-10-21)30-20(16)28-3;2*1-2/h6-8,12H,4-5,9-11H2,1-3H3;2*1-2H3. The molecule has 0 radical (unpaired) electrons. The van der Waals surface area contributed by atoms with E-state index in [0.29, 0.717) is 19.4 Å². The number of esters is 1. The van der Waals surface area contributed by atoms with Crippen LogP contribution in [0.5, 0.6) is 0 Å². The molecule has 1 spiro atoms. The summed E-state index contributed by atoms with van der Waals surface area (Å²) < 4.78 is 16.5. The molecule has 34 heavy (non-hydrogen) atoms. The molecule has 0 bridgehead atoms. The summed E-state index contributed by atoms with van der Waals surface area (Å²) in [7, 11) is 1.37. The number of hydrogen-bond acceptors (Lipinski definition) is 8. The molecule has 0 N–H and O–H groups in total. The Morgan fingerprint density at radius 1 is 1.00 bits per heavy atom. The van der Waals surface area contributed by atoms with E-state index in [2.05, 4.69) is 10.2 Å². The average Bonchev–Trinajstić information content (AvgIpc) is 3.39. The van der Waals surface area contributed by atoms with Crippen LogP contribution < -0.4 is 0 Å². The first kappa shape index (κ1) is 27.0. The first-order valence-electron chi connectivity index (χ1n) is 12.0. The molecule has 0 unspecified atom stereocenters. The molecule has 0 saturated heterocycles. The molecule has 2 heterocycles. The van der Waals surface area contributed by atoms with E-state index >= 15 is 0 Å². The molecule has 1 saturated carbocycles. The minimum Gasteiger partial charge on any atom is -0.467 e. The Bertz CT molecular complexity index is 977. The van der Waals surface area contributed by atoms with Gasteiger partial charge in [-0.15, -0.1) is 10.2 Å². The van der Waals surface area contributed by atoms with Crippen LogP contribution in [0.3, 0.4) is 0 Å². The van der Waals surface area contributed by atoms with Gasteiger partial charge in [0.1, 0.15) is 0 Å². The third-order valence-corrected chi connectivity index (χ3v) is 5.28. The van der Waals surface area contributed by atoms with E-state index < -0.39 is 17.7 Å². The second kappa shape index (κ2) is 11.8. The topological polar surface area (TPSA) is 107 Å². The molecule has 1 aliphatic carbocycles. The molecule has 2 amide bonds. The van der Waals surface area contributed by atoms with Crippen molar-refractivity contribution in [1.82, 2.24) is 4.90 Å². The van der Waals surface area contributed by atoms with E-state index in [-0.39, 0.29) is 40.3 Å². The fourth-order valence-corrected chi connectivity index (χ4v) is 3.91. The fraction of sp³-hybridized carbons (Fsp3) is 0.560. The van der Waals surface area contributed by atoms with Gasteiger partial charge in [-0.05, 0) is 30.9 Å². The van der Waals surface area contributed by atoms with Crippen molar-refractivity contribution in [3.63, 3.8) is 0 Å². The molecule has 0 aromatic heterocycles. The van der Waals surface area contributed by atoms with Crippen LogP contribution >= 0.6 is 0 Å². The highest BCUT2D eigenvalue weighted by Crippen LogP contribution is 2.41. The Morgan fingerprint density at radius 3 is 2.24 bits per heavy atom. The SMILES string of the molecule is CC.CC.COC1=C(N=Nc2cccc3c2C(=O)N(CC(C)C)C3=O)C(=O)OC2(CCCC2)O1. The number of nitrogens with zero attached hydrogens (tertiary/aromatic N) is 3. The summed E-state index contributed by atoms with van der Waals surface area (Å²) in [6.45, 7) is 12.2. The Morgan fingerprint density at radius 2 is 1.65 bits per heavy atom. The normalized spacial score (nSPS) is 18.4. The van der Waals surface area contributed by atoms with Gasteiger partial charge in [-0.25, -0.2) is 4.79 Å². The number of carbonyl (C=O) groups is 3. The molecule has 9 nitrogen and oxygen atoms in total. The number of rotatable bonds is 5. The van der Waals surface area contributed by atoms with Crippen molar-refractivity contribution in [2.45, 2.75) is 73.0 Å². The molecule has 1 aromatic carbocycles. The molecule has 0 atom stereocenters. The van der Waals surface area contributed by atoms with Crippen molar-refractivity contribution in [1.29, 1.82) is 0 Å². The third-order valence-electron chi connectivity index (χ3n) is 5.28. The van der Waals surface area contributed by atoms with Gasteiger partial charge in [-0.1, -0.05) is 47.6 Å². The van der Waals surface area contributed by atoms with Gasteiger partial charge >= 0.3 is 11.9 Å². The lowest BCUT2D eigenvalue weighted by molar-refractivity contribution is -0.237. The van der Waals surface area contributed by atoms with Gasteiger partial charge in [0.25, 0.3) is 23.3 Å². The van der Waals surface area contributed by atoms with E-state index in [4.69, 9.17) is 14.2 Å². The van der Waals surface area contributed by atoms with Crippen LogP contribution in [0.2, 0.25) is 0 Å². The highest BCUT2D eigenvalue weighted by atomic mass is 16.8. The number of benzene rings is 1. The zero-order valence-electron chi connectivity index (χ0n) is 21.1. The van der Waals surface area contributed by atoms with Gasteiger partial charge in [0.2, 0.25) is 0 Å². The summed E-state index contributed by atoms with van der Waals surface area (Å²) in [5, 5.41) is 8.03. The minimum absolute atomic E-state index is 0.0617. The second-order valence-electron chi connectivity index (χ2n) is 7.96. The smallest absolute Gasteiger partial charge is 0.369 e. The summed E-state index contributed by atoms with van der Waals surface area (Å²) in [5.74, 6) is -2.42. The number of methoxy groups -OCH3 is 1. The summed E-state index contributed by atoms with van der Waals surface area (Å²) in [5.41, 5.74) is 0.409. The number of fused-ring (bicyclic) bond motifs is 1. The maximum atomic E-state index is 12.8. The minimum atomic E-state index is -1.00. The van der Waals surface area contributed by atoms with Crippen molar-refractivity contribution in [3.8, 4) is 0 Å². The number of imide groups is 1. The summed E-state index contributed by atoms with van der Waals surface area (Å²) in [6.07, 6.45) is 2.95. The Hall–Kier alpha value is -3.23. The Kier molecular flexibility index (Phi) is 9.35. The maximum Gasteiger partial charge on any atom is 0.369 e. The van der Waals surface area contributed by atoms with Crippen molar-refractivity contribution < 1.29 is 28.6 Å². The van der Waals surface area contributed by atoms with Gasteiger partial charge in [0.15, 0.2) is 0 Å². The lowest BCUT2D eigenvalue weighted by atomic mass is 10.1. The molecule has 9 heteroatoms. The highest BCUT2D eigenvalue weighted by molar-refractivity contribution is 6.23. The van der Waals surface area contributed by atoms with E-state index in [1.807, 2.05) is 41.5 Å². The number of amides is 2. The van der Waals surface area contributed by atoms with Crippen LogP contribution in [0.4, 0.5) is 5.69 Å². The zero-order chi connectivity index (χ0) is 25.5. The quantitative estimate of drug-likeness (QED) is 0.307. The lowest BCUT2D eigenvalue weighted by Gasteiger charge is -2.33. The van der Waals surface area contributed by atoms with Crippen molar-refractivity contribution >= 4 is 23.5 Å². The summed E-state index contributed by atoms with van der Waals surface area (Å²) >= 11 is 0. The predicted octanol–water partition coefficient (Wildman–Crippen LogP) is 5.73. The van der Waals surface area contributed by atoms with Gasteiger partial charge in [-0.2, -0.15) is 0 Å². The first-order chi connectivity index (χ1) is 16.3. The Balaban J connectivity index is 0.000000970. The van der Waals surface area contributed by atoms with E-state index in [1.54, 1.807) is 18.2 Å². The molecule has 2 aliphatic heterocycles. The molecule has 1 fully saturated rings. The van der Waals surface area contributed by atoms with Gasteiger partial charge in [0.05, 0.1) is 23.9 Å². The van der Waals surface area contributed by atoms with Crippen molar-refractivity contribution in [2.75, 3.05) is 13.7 Å². The predicted molar refractivity (Wildman–Crippen MR) is 126 cm³/mol. The second-order valence-corrected chi connectivity index (χ2v) is 7.96. The molecule has 1 aromatic rings. The molecule has 3 aliphatic rings. The van der Waals surface area contributed by atoms with Gasteiger partial charge in [0, 0.05) is 19.4 Å². The van der Waals surface area contributed by atoms with Crippen LogP contribution in [-0.2, 0) is 19.0 Å². The molecule has 186 valence electrons. The molecular weight excluding hydrogens is 438 g/mol. The van der Waals surface area contributed by atoms with Crippen molar-refractivity contribution in [2.24, 2.45) is 16.1 Å². The average molecular weight is 474 g/mol. The van der Waals surface area contributed by atoms with Gasteiger partial charge in [-0.3, -0.25) is 14.5 Å². The maximum absolute atomic E-state index is 12.8. The van der Waals surface area contributed by atoms with Crippen LogP contribution in [0, 0.1) is 5.92 Å². The van der Waals surface area contributed by atoms with E-state index in [0.717, 1.165) is 12.8 Å². The summed E-state index contributed by atoms with van der Waals surface area (Å²) in [4.78, 5) is 39.2. The van der Waals surface area contributed by atoms with E-state index in [9.17, 15) is 14.4 Å². The largest absolute Gasteiger partial charge is 0.467 e. The van der Waals surface area contributed by atoms with Crippen LogP contribution in [0.1, 0.15) is 87.9 Å². The monoisotopic (exact) mass is 473 g/mol. The number of azo groups is 1. The van der Waals surface area contributed by atoms with Gasteiger partial charge < -0.3 is 14.2 Å². The molecular formula is C25H35N3O6. The fourth-order valence-electron chi connectivity index (χ4n) is 3.91. The number of hydrogen-bond donors (Lipinski definition) is 0. The number of ether oxygens (including phenoxy) is 3. The summed E-state index contributed by atoms with van der Waals surface area (Å²) in [6, 6.07) is 4.76. The van der Waals surface area contributed by atoms with E-state index in [1.165, 1.54) is 12.0 Å². The lowest BCUT2D eigenvalue weighted by Crippen LogP contribution is -2.40. The first-order valence-corrected chi connectivity index (χ1v) is 12.0. The van der Waals surface area contributed by atoms with Crippen LogP contribution in [0.25, 0.3) is 0 Å². The number of carbonyl (C=O) groups excluding carboxylic acids is 3. The third kappa shape index (κ3) is 5.29. The zero-order valence-corrected chi connectivity index (χ0v) is 21.1. The van der Waals surface area contributed by atoms with Crippen LogP contribution in [0.15, 0.2) is 40.1 Å². The van der Waals surface area contributed by atoms with Crippen molar-refractivity contribution in [3.05, 3.63) is 41.0 Å².